The fourth-order valence-corrected chi connectivity index (χ4v) is 1.91. The van der Waals surface area contributed by atoms with Crippen LogP contribution in [0.2, 0.25) is 0 Å². The van der Waals surface area contributed by atoms with Crippen LogP contribution >= 0.6 is 0 Å². The first-order valence-corrected chi connectivity index (χ1v) is 5.37. The Morgan fingerprint density at radius 2 is 0.762 bits per heavy atom. The molecular formula is C10H16N2NiO8+2. The summed E-state index contributed by atoms with van der Waals surface area (Å²) in [6.07, 6.45) is -3.90. The van der Waals surface area contributed by atoms with Crippen LogP contribution in [0.5, 0.6) is 0 Å². The van der Waals surface area contributed by atoms with Crippen LogP contribution < -0.4 is 11.5 Å². The normalized spacial score (nSPS) is 11.3. The molecule has 0 aromatic rings. The van der Waals surface area contributed by atoms with Crippen molar-refractivity contribution in [1.82, 2.24) is 0 Å². The first kappa shape index (κ1) is 21.6. The molecule has 0 aromatic carbocycles. The van der Waals surface area contributed by atoms with Crippen molar-refractivity contribution in [1.29, 1.82) is 0 Å². The maximum Gasteiger partial charge on any atom is 2.00 e. The number of carbonyl (C=O) groups is 4. The molecule has 0 bridgehead atoms. The van der Waals surface area contributed by atoms with Crippen molar-refractivity contribution in [3.63, 3.8) is 0 Å². The van der Waals surface area contributed by atoms with Gasteiger partial charge in [-0.1, -0.05) is 0 Å². The molecule has 0 atom stereocenters. The average Bonchev–Trinajstić information content (AvgIpc) is 2.10. The van der Waals surface area contributed by atoms with Crippen LogP contribution in [0, 0.1) is 0 Å². The van der Waals surface area contributed by atoms with E-state index in [2.05, 4.69) is 0 Å². The molecule has 0 aliphatic heterocycles. The maximum absolute atomic E-state index is 10.8. The summed E-state index contributed by atoms with van der Waals surface area (Å²) in [5.41, 5.74) is 6.88. The first-order valence-electron chi connectivity index (χ1n) is 5.37. The van der Waals surface area contributed by atoms with Crippen molar-refractivity contribution in [2.45, 2.75) is 36.8 Å². The van der Waals surface area contributed by atoms with E-state index in [1.54, 1.807) is 0 Å². The fourth-order valence-electron chi connectivity index (χ4n) is 1.91. The Balaban J connectivity index is 0. The summed E-state index contributed by atoms with van der Waals surface area (Å²) < 4.78 is 0. The zero-order chi connectivity index (χ0) is 16.1. The minimum Gasteiger partial charge on any atom is -0.481 e. The van der Waals surface area contributed by atoms with E-state index in [1.165, 1.54) is 0 Å². The van der Waals surface area contributed by atoms with Gasteiger partial charge in [-0.05, 0) is 0 Å². The molecule has 0 rings (SSSR count). The standard InChI is InChI=1S/C10H16N2O8.Ni/c11-9(1-5(13)14,2-6(15)16)10(12,3-7(17)18)4-8(19)20;/h1-4,11-12H2,(H,13,14)(H,15,16)(H,17,18)(H,19,20);/q;+2. The van der Waals surface area contributed by atoms with Gasteiger partial charge in [-0.15, -0.1) is 0 Å². The summed E-state index contributed by atoms with van der Waals surface area (Å²) in [7, 11) is 0. The topological polar surface area (TPSA) is 201 Å². The minimum atomic E-state index is -2.22. The first-order chi connectivity index (χ1) is 8.92. The van der Waals surface area contributed by atoms with Gasteiger partial charge in [0.15, 0.2) is 0 Å². The van der Waals surface area contributed by atoms with Gasteiger partial charge in [-0.25, -0.2) is 0 Å². The molecule has 0 radical (unpaired) electrons. The van der Waals surface area contributed by atoms with E-state index in [0.717, 1.165) is 0 Å². The number of hydrogen-bond acceptors (Lipinski definition) is 6. The molecule has 0 spiro atoms. The minimum absolute atomic E-state index is 0. The van der Waals surface area contributed by atoms with E-state index >= 15 is 0 Å². The van der Waals surface area contributed by atoms with E-state index in [4.69, 9.17) is 31.9 Å². The molecule has 0 aliphatic rings. The maximum atomic E-state index is 10.8. The Bertz CT molecular complexity index is 367. The third-order valence-electron chi connectivity index (χ3n) is 2.86. The fraction of sp³-hybridized carbons (Fsp3) is 0.600. The number of hydrogen-bond donors (Lipinski definition) is 6. The zero-order valence-electron chi connectivity index (χ0n) is 10.7. The number of rotatable bonds is 9. The van der Waals surface area contributed by atoms with E-state index in [9.17, 15) is 19.2 Å². The van der Waals surface area contributed by atoms with E-state index in [-0.39, 0.29) is 16.5 Å². The Kier molecular flexibility index (Phi) is 8.14. The molecule has 0 aliphatic carbocycles. The quantitative estimate of drug-likeness (QED) is 0.259. The predicted octanol–water partition coefficient (Wildman–Crippen LogP) is -1.72. The van der Waals surface area contributed by atoms with Gasteiger partial charge >= 0.3 is 40.4 Å². The van der Waals surface area contributed by atoms with Gasteiger partial charge in [0.25, 0.3) is 0 Å². The Hall–Kier alpha value is -1.71. The third kappa shape index (κ3) is 6.52. The molecule has 21 heavy (non-hydrogen) atoms. The van der Waals surface area contributed by atoms with Crippen molar-refractivity contribution < 1.29 is 56.1 Å². The SMILES string of the molecule is NC(CC(=O)O)(CC(=O)O)C(N)(CC(=O)O)CC(=O)O.[Ni+2]. The second-order valence-electron chi connectivity index (χ2n) is 4.59. The average molecular weight is 351 g/mol. The van der Waals surface area contributed by atoms with Gasteiger partial charge in [-0.3, -0.25) is 19.2 Å². The molecule has 122 valence electrons. The van der Waals surface area contributed by atoms with Crippen molar-refractivity contribution in [2.75, 3.05) is 0 Å². The Labute approximate surface area is 129 Å². The van der Waals surface area contributed by atoms with Crippen LogP contribution in [0.15, 0.2) is 0 Å². The van der Waals surface area contributed by atoms with E-state index in [0.29, 0.717) is 0 Å². The summed E-state index contributed by atoms with van der Waals surface area (Å²) in [5, 5.41) is 35.1. The van der Waals surface area contributed by atoms with Gasteiger partial charge in [0.2, 0.25) is 0 Å². The van der Waals surface area contributed by atoms with Crippen molar-refractivity contribution >= 4 is 23.9 Å². The zero-order valence-corrected chi connectivity index (χ0v) is 11.7. The van der Waals surface area contributed by atoms with Crippen LogP contribution in [0.25, 0.3) is 0 Å². The summed E-state index contributed by atoms with van der Waals surface area (Å²) >= 11 is 0. The van der Waals surface area contributed by atoms with Crippen molar-refractivity contribution in [2.24, 2.45) is 11.5 Å². The monoisotopic (exact) mass is 350 g/mol. The second kappa shape index (κ2) is 7.91. The Morgan fingerprint density at radius 1 is 0.619 bits per heavy atom. The number of carboxylic acid groups (broad SMARTS) is 4. The second-order valence-corrected chi connectivity index (χ2v) is 4.59. The molecule has 11 heteroatoms. The van der Waals surface area contributed by atoms with Gasteiger partial charge in [0.05, 0.1) is 36.8 Å². The summed E-state index contributed by atoms with van der Waals surface area (Å²) in [5.74, 6) is -6.06. The molecule has 8 N–H and O–H groups in total. The molecule has 0 amide bonds. The van der Waals surface area contributed by atoms with Crippen molar-refractivity contribution in [3.05, 3.63) is 0 Å². The van der Waals surface area contributed by atoms with Crippen LogP contribution in [0.4, 0.5) is 0 Å². The molecule has 0 aromatic heterocycles. The predicted molar refractivity (Wildman–Crippen MR) is 62.8 cm³/mol. The Morgan fingerprint density at radius 3 is 0.857 bits per heavy atom. The van der Waals surface area contributed by atoms with Gasteiger partial charge < -0.3 is 31.9 Å². The van der Waals surface area contributed by atoms with Gasteiger partial charge in [-0.2, -0.15) is 0 Å². The van der Waals surface area contributed by atoms with E-state index < -0.39 is 60.6 Å². The molecule has 0 saturated carbocycles. The number of nitrogens with two attached hydrogens (primary N) is 2. The number of aliphatic carboxylic acids is 4. The third-order valence-corrected chi connectivity index (χ3v) is 2.86. The summed E-state index contributed by atoms with van der Waals surface area (Å²) in [6.45, 7) is 0. The molecule has 10 nitrogen and oxygen atoms in total. The van der Waals surface area contributed by atoms with Crippen LogP contribution in [0.1, 0.15) is 25.7 Å². The molecule has 0 unspecified atom stereocenters. The molecule has 0 heterocycles. The summed E-state index contributed by atoms with van der Waals surface area (Å²) in [6, 6.07) is 0. The molecular weight excluding hydrogens is 335 g/mol. The summed E-state index contributed by atoms with van der Waals surface area (Å²) in [4.78, 5) is 43.2. The molecule has 0 fully saturated rings. The van der Waals surface area contributed by atoms with Crippen LogP contribution in [-0.4, -0.2) is 55.4 Å². The van der Waals surface area contributed by atoms with Gasteiger partial charge in [0, 0.05) is 0 Å². The van der Waals surface area contributed by atoms with Crippen LogP contribution in [0.3, 0.4) is 0 Å². The van der Waals surface area contributed by atoms with Crippen LogP contribution in [-0.2, 0) is 35.7 Å². The molecule has 0 saturated heterocycles. The van der Waals surface area contributed by atoms with Crippen molar-refractivity contribution in [3.8, 4) is 0 Å². The van der Waals surface area contributed by atoms with Gasteiger partial charge in [0.1, 0.15) is 0 Å². The number of carboxylic acids is 4. The largest absolute Gasteiger partial charge is 2.00 e. The van der Waals surface area contributed by atoms with E-state index in [1.807, 2.05) is 0 Å². The smallest absolute Gasteiger partial charge is 0.481 e.